The molecule has 0 atom stereocenters. The zero-order valence-electron chi connectivity index (χ0n) is 25.2. The van der Waals surface area contributed by atoms with E-state index in [1.54, 1.807) is 6.08 Å². The molecular formula is C36H36N4O3S. The molecule has 0 aliphatic carbocycles. The Morgan fingerprint density at radius 1 is 0.795 bits per heavy atom. The van der Waals surface area contributed by atoms with E-state index in [-0.39, 0.29) is 19.0 Å². The Hall–Kier alpha value is -4.53. The van der Waals surface area contributed by atoms with E-state index in [1.165, 1.54) is 9.71 Å². The summed E-state index contributed by atoms with van der Waals surface area (Å²) in [6.07, 6.45) is 2.32. The molecule has 2 heterocycles. The lowest BCUT2D eigenvalue weighted by atomic mass is 9.89. The molecule has 6 rings (SSSR count). The van der Waals surface area contributed by atoms with Crippen LogP contribution in [0.1, 0.15) is 35.1 Å². The average Bonchev–Trinajstić information content (AvgIpc) is 3.36. The summed E-state index contributed by atoms with van der Waals surface area (Å²) in [5, 5.41) is 7.40. The number of piperidine rings is 1. The quantitative estimate of drug-likeness (QED) is 0.256. The minimum atomic E-state index is -3.66. The minimum Gasteiger partial charge on any atom is -0.388 e. The largest absolute Gasteiger partial charge is 0.388 e. The van der Waals surface area contributed by atoms with Gasteiger partial charge in [0.25, 0.3) is 5.91 Å². The molecule has 0 saturated carbocycles. The lowest BCUT2D eigenvalue weighted by Gasteiger charge is -2.34. The van der Waals surface area contributed by atoms with Gasteiger partial charge in [0.2, 0.25) is 10.0 Å². The van der Waals surface area contributed by atoms with Gasteiger partial charge in [-0.25, -0.2) is 8.42 Å². The monoisotopic (exact) mass is 604 g/mol. The lowest BCUT2D eigenvalue weighted by molar-refractivity contribution is -0.124. The van der Waals surface area contributed by atoms with E-state index in [0.29, 0.717) is 18.7 Å². The fourth-order valence-electron chi connectivity index (χ4n) is 6.08. The second-order valence-electron chi connectivity index (χ2n) is 11.5. The van der Waals surface area contributed by atoms with E-state index in [1.807, 2.05) is 75.5 Å². The van der Waals surface area contributed by atoms with Gasteiger partial charge < -0.3 is 10.6 Å². The molecule has 1 amide bonds. The van der Waals surface area contributed by atoms with Gasteiger partial charge in [0, 0.05) is 36.8 Å². The van der Waals surface area contributed by atoms with Crippen LogP contribution >= 0.6 is 0 Å². The Morgan fingerprint density at radius 3 is 1.95 bits per heavy atom. The predicted octanol–water partition coefficient (Wildman–Crippen LogP) is 6.39. The topological polar surface area (TPSA) is 90.9 Å². The number of anilines is 1. The summed E-state index contributed by atoms with van der Waals surface area (Å²) in [5.74, 6) is 0.357. The Bertz CT molecular complexity index is 1870. The van der Waals surface area contributed by atoms with Crippen LogP contribution in [0.5, 0.6) is 0 Å². The Morgan fingerprint density at radius 2 is 1.34 bits per heavy atom. The number of aliphatic imine (C=N–C) groups is 1. The normalized spacial score (nSPS) is 16.7. The molecule has 8 heteroatoms. The average molecular weight is 605 g/mol. The van der Waals surface area contributed by atoms with Gasteiger partial charge >= 0.3 is 0 Å². The van der Waals surface area contributed by atoms with Crippen LogP contribution in [0.3, 0.4) is 0 Å². The summed E-state index contributed by atoms with van der Waals surface area (Å²) in [7, 11) is -1.80. The molecule has 0 aromatic heterocycles. The van der Waals surface area contributed by atoms with Crippen molar-refractivity contribution in [3.8, 4) is 22.3 Å². The molecule has 2 aliphatic rings. The highest BCUT2D eigenvalue weighted by Gasteiger charge is 2.47. The number of hydrogen-bond acceptors (Lipinski definition) is 5. The van der Waals surface area contributed by atoms with Crippen molar-refractivity contribution in [2.24, 2.45) is 4.99 Å². The Kier molecular flexibility index (Phi) is 7.97. The van der Waals surface area contributed by atoms with E-state index in [4.69, 9.17) is 4.99 Å². The lowest BCUT2D eigenvalue weighted by Crippen LogP contribution is -2.50. The Balaban J connectivity index is 1.18. The van der Waals surface area contributed by atoms with E-state index in [0.717, 1.165) is 50.2 Å². The fourth-order valence-corrected chi connectivity index (χ4v) is 7.25. The maximum Gasteiger partial charge on any atom is 0.253 e. The van der Waals surface area contributed by atoms with Crippen molar-refractivity contribution in [1.29, 1.82) is 0 Å². The Labute approximate surface area is 259 Å². The van der Waals surface area contributed by atoms with Crippen LogP contribution in [0.25, 0.3) is 28.3 Å². The molecule has 0 unspecified atom stereocenters. The van der Waals surface area contributed by atoms with Crippen LogP contribution in [-0.2, 0) is 14.8 Å². The maximum absolute atomic E-state index is 13.3. The van der Waals surface area contributed by atoms with Gasteiger partial charge in [-0.3, -0.25) is 9.79 Å². The number of nitrogens with zero attached hydrogens (tertiary/aromatic N) is 2. The third-order valence-electron chi connectivity index (χ3n) is 8.62. The van der Waals surface area contributed by atoms with Crippen LogP contribution < -0.4 is 10.6 Å². The highest BCUT2D eigenvalue weighted by atomic mass is 32.2. The number of sulfonamides is 1. The maximum atomic E-state index is 13.3. The molecule has 44 heavy (non-hydrogen) atoms. The first-order valence-corrected chi connectivity index (χ1v) is 16.3. The summed E-state index contributed by atoms with van der Waals surface area (Å²) in [6, 6.07) is 30.6. The van der Waals surface area contributed by atoms with Gasteiger partial charge in [-0.1, -0.05) is 66.7 Å². The van der Waals surface area contributed by atoms with Crippen molar-refractivity contribution in [3.63, 3.8) is 0 Å². The third kappa shape index (κ3) is 5.83. The number of nitrogens with one attached hydrogen (secondary N) is 2. The number of carbonyl (C=O) groups excluding carboxylic acids is 1. The van der Waals surface area contributed by atoms with Gasteiger partial charge in [-0.2, -0.15) is 4.31 Å². The molecule has 2 aliphatic heterocycles. The molecule has 2 N–H and O–H groups in total. The van der Waals surface area contributed by atoms with Gasteiger partial charge in [0.1, 0.15) is 11.4 Å². The van der Waals surface area contributed by atoms with E-state index >= 15 is 0 Å². The van der Waals surface area contributed by atoms with Crippen molar-refractivity contribution in [2.75, 3.05) is 25.5 Å². The highest BCUT2D eigenvalue weighted by Crippen LogP contribution is 2.34. The summed E-state index contributed by atoms with van der Waals surface area (Å²) in [5.41, 5.74) is 8.10. The number of aryl methyl sites for hydroxylation is 2. The zero-order valence-corrected chi connectivity index (χ0v) is 26.0. The standard InChI is InChI=1S/C36H36N4O3S/c1-25-21-32(37-3)22-26(2)33(25)15-20-44(42,43)40-18-16-36(17-19-40)35(41)38-34(39-36)31-14-8-13-30(24-31)29-12-7-11-28(23-29)27-9-5-4-6-10-27/h4-15,20-24,37H,16-19H2,1-3H3,(H,38,39,41). The number of amides is 1. The number of hydrogen-bond donors (Lipinski definition) is 2. The first-order chi connectivity index (χ1) is 21.2. The summed E-state index contributed by atoms with van der Waals surface area (Å²) < 4.78 is 28.0. The van der Waals surface area contributed by atoms with Crippen LogP contribution in [0.4, 0.5) is 5.69 Å². The molecule has 7 nitrogen and oxygen atoms in total. The minimum absolute atomic E-state index is 0.174. The molecular weight excluding hydrogens is 568 g/mol. The van der Waals surface area contributed by atoms with Crippen molar-refractivity contribution in [1.82, 2.24) is 9.62 Å². The van der Waals surface area contributed by atoms with E-state index in [2.05, 4.69) is 47.0 Å². The van der Waals surface area contributed by atoms with Crippen molar-refractivity contribution in [2.45, 2.75) is 32.2 Å². The molecule has 0 bridgehead atoms. The van der Waals surface area contributed by atoms with Gasteiger partial charge in [0.15, 0.2) is 0 Å². The molecule has 1 fully saturated rings. The van der Waals surface area contributed by atoms with Gasteiger partial charge in [-0.05, 0) is 96.0 Å². The fraction of sp³-hybridized carbons (Fsp3) is 0.222. The predicted molar refractivity (Wildman–Crippen MR) is 179 cm³/mol. The second kappa shape index (κ2) is 11.9. The van der Waals surface area contributed by atoms with Crippen LogP contribution in [0.2, 0.25) is 0 Å². The van der Waals surface area contributed by atoms with Crippen molar-refractivity contribution >= 4 is 33.5 Å². The first-order valence-electron chi connectivity index (χ1n) is 14.8. The summed E-state index contributed by atoms with van der Waals surface area (Å²) >= 11 is 0. The third-order valence-corrected chi connectivity index (χ3v) is 10.2. The van der Waals surface area contributed by atoms with E-state index in [9.17, 15) is 13.2 Å². The smallest absolute Gasteiger partial charge is 0.253 e. The van der Waals surface area contributed by atoms with Crippen LogP contribution in [0, 0.1) is 13.8 Å². The molecule has 4 aromatic carbocycles. The number of amidine groups is 1. The number of carbonyl (C=O) groups is 1. The number of rotatable bonds is 7. The van der Waals surface area contributed by atoms with Crippen LogP contribution in [0.15, 0.2) is 101 Å². The molecule has 4 aromatic rings. The van der Waals surface area contributed by atoms with Crippen molar-refractivity contribution in [3.05, 3.63) is 119 Å². The SMILES string of the molecule is CNc1cc(C)c(C=CS(=O)(=O)N2CCC3(CC2)N=C(c2cccc(-c4cccc(-c5ccccc5)c4)c2)NC3=O)c(C)c1. The molecule has 224 valence electrons. The van der Waals surface area contributed by atoms with Gasteiger partial charge in [0.05, 0.1) is 0 Å². The molecule has 1 saturated heterocycles. The summed E-state index contributed by atoms with van der Waals surface area (Å²) in [4.78, 5) is 18.2. The highest BCUT2D eigenvalue weighted by molar-refractivity contribution is 7.92. The van der Waals surface area contributed by atoms with Crippen LogP contribution in [-0.4, -0.2) is 50.1 Å². The van der Waals surface area contributed by atoms with E-state index < -0.39 is 15.6 Å². The van der Waals surface area contributed by atoms with Gasteiger partial charge in [-0.15, -0.1) is 0 Å². The number of benzene rings is 4. The second-order valence-corrected chi connectivity index (χ2v) is 13.3. The first kappa shape index (κ1) is 29.5. The zero-order chi connectivity index (χ0) is 30.9. The molecule has 0 radical (unpaired) electrons. The summed E-state index contributed by atoms with van der Waals surface area (Å²) in [6.45, 7) is 4.38. The van der Waals surface area contributed by atoms with Crippen molar-refractivity contribution < 1.29 is 13.2 Å². The molecule has 1 spiro atoms.